The van der Waals surface area contributed by atoms with Crippen molar-refractivity contribution in [3.63, 3.8) is 0 Å². The van der Waals surface area contributed by atoms with Crippen LogP contribution in [0.5, 0.6) is 0 Å². The van der Waals surface area contributed by atoms with Crippen molar-refractivity contribution in [2.45, 2.75) is 18.1 Å². The van der Waals surface area contributed by atoms with E-state index in [2.05, 4.69) is 15.5 Å². The highest BCUT2D eigenvalue weighted by Crippen LogP contribution is 2.28. The highest BCUT2D eigenvalue weighted by molar-refractivity contribution is 7.99. The van der Waals surface area contributed by atoms with E-state index in [1.54, 1.807) is 16.7 Å². The maximum Gasteiger partial charge on any atom is 0.232 e. The van der Waals surface area contributed by atoms with Crippen molar-refractivity contribution in [1.29, 1.82) is 0 Å². The van der Waals surface area contributed by atoms with Crippen molar-refractivity contribution in [2.24, 2.45) is 5.92 Å². The van der Waals surface area contributed by atoms with E-state index < -0.39 is 0 Å². The van der Waals surface area contributed by atoms with Crippen LogP contribution >= 0.6 is 11.8 Å². The van der Waals surface area contributed by atoms with Crippen LogP contribution in [0.4, 0.5) is 11.6 Å². The minimum atomic E-state index is -0.371. The number of aromatic nitrogens is 3. The van der Waals surface area contributed by atoms with Gasteiger partial charge in [-0.25, -0.2) is 0 Å². The number of nitrogens with zero attached hydrogens (tertiary/aromatic N) is 4. The van der Waals surface area contributed by atoms with Gasteiger partial charge >= 0.3 is 0 Å². The Morgan fingerprint density at radius 3 is 2.91 bits per heavy atom. The predicted molar refractivity (Wildman–Crippen MR) is 86.3 cm³/mol. The van der Waals surface area contributed by atoms with Crippen molar-refractivity contribution in [3.05, 3.63) is 30.3 Å². The fraction of sp³-hybridized carbons (Fsp3) is 0.333. The lowest BCUT2D eigenvalue weighted by atomic mass is 10.1. The number of hydrogen-bond acceptors (Lipinski definition) is 5. The number of thioether (sulfide) groups is 1. The monoisotopic (exact) mass is 329 g/mol. The minimum absolute atomic E-state index is 0.0293. The van der Waals surface area contributed by atoms with Gasteiger partial charge in [0.1, 0.15) is 0 Å². The number of carbonyl (C=O) groups is 2. The molecular formula is C15H15N5O2S. The van der Waals surface area contributed by atoms with Crippen LogP contribution < -0.4 is 10.2 Å². The van der Waals surface area contributed by atoms with Crippen LogP contribution in [0.15, 0.2) is 35.5 Å². The molecule has 2 aliphatic rings. The molecule has 1 fully saturated rings. The van der Waals surface area contributed by atoms with E-state index in [4.69, 9.17) is 0 Å². The second kappa shape index (κ2) is 5.69. The quantitative estimate of drug-likeness (QED) is 0.920. The normalized spacial score (nSPS) is 19.9. The molecule has 1 N–H and O–H groups in total. The molecule has 0 aliphatic carbocycles. The number of rotatable bonds is 3. The maximum absolute atomic E-state index is 12.5. The van der Waals surface area contributed by atoms with E-state index in [0.717, 1.165) is 23.1 Å². The average Bonchev–Trinajstić information content (AvgIpc) is 3.25. The van der Waals surface area contributed by atoms with Gasteiger partial charge in [-0.3, -0.25) is 19.5 Å². The molecule has 1 aromatic heterocycles. The molecule has 7 nitrogen and oxygen atoms in total. The molecule has 0 bridgehead atoms. The number of carbonyl (C=O) groups excluding carboxylic acids is 2. The topological polar surface area (TPSA) is 80.1 Å². The molecule has 23 heavy (non-hydrogen) atoms. The summed E-state index contributed by atoms with van der Waals surface area (Å²) in [6, 6.07) is 9.42. The molecule has 8 heteroatoms. The number of para-hydroxylation sites is 1. The van der Waals surface area contributed by atoms with Gasteiger partial charge in [-0.05, 0) is 12.1 Å². The fourth-order valence-electron chi connectivity index (χ4n) is 2.87. The summed E-state index contributed by atoms with van der Waals surface area (Å²) in [5, 5.41) is 11.7. The van der Waals surface area contributed by atoms with Crippen LogP contribution in [0.2, 0.25) is 0 Å². The number of fused-ring (bicyclic) bond motifs is 1. The summed E-state index contributed by atoms with van der Waals surface area (Å²) in [7, 11) is 0. The molecule has 0 spiro atoms. The van der Waals surface area contributed by atoms with Gasteiger partial charge in [0.25, 0.3) is 0 Å². The van der Waals surface area contributed by atoms with Crippen molar-refractivity contribution in [3.8, 4) is 0 Å². The maximum atomic E-state index is 12.5. The van der Waals surface area contributed by atoms with Gasteiger partial charge in [-0.2, -0.15) is 0 Å². The Balaban J connectivity index is 1.46. The van der Waals surface area contributed by atoms with Gasteiger partial charge in [0.05, 0.1) is 5.92 Å². The van der Waals surface area contributed by atoms with E-state index in [9.17, 15) is 9.59 Å². The van der Waals surface area contributed by atoms with Crippen LogP contribution in [0.1, 0.15) is 6.42 Å². The highest BCUT2D eigenvalue weighted by atomic mass is 32.2. The third-order valence-electron chi connectivity index (χ3n) is 4.06. The first kappa shape index (κ1) is 14.3. The van der Waals surface area contributed by atoms with Crippen LogP contribution in [0.25, 0.3) is 0 Å². The van der Waals surface area contributed by atoms with Crippen LogP contribution in [0, 0.1) is 5.92 Å². The molecule has 118 valence electrons. The molecule has 0 radical (unpaired) electrons. The van der Waals surface area contributed by atoms with E-state index in [-0.39, 0.29) is 24.2 Å². The standard InChI is InChI=1S/C15H15N5O2S/c21-12-8-10(9-20(12)11-4-2-1-3-5-11)13(22)16-14-17-18-15-19(14)6-7-23-15/h1-5,10H,6-9H2,(H,16,17,22). The number of anilines is 2. The molecular weight excluding hydrogens is 314 g/mol. The first-order valence-corrected chi connectivity index (χ1v) is 8.43. The predicted octanol–water partition coefficient (Wildman–Crippen LogP) is 1.38. The molecule has 4 rings (SSSR count). The van der Waals surface area contributed by atoms with Gasteiger partial charge in [0, 0.05) is 31.0 Å². The largest absolute Gasteiger partial charge is 0.312 e. The molecule has 3 heterocycles. The number of benzene rings is 1. The molecule has 1 saturated heterocycles. The first-order chi connectivity index (χ1) is 11.2. The number of amides is 2. The summed E-state index contributed by atoms with van der Waals surface area (Å²) >= 11 is 1.62. The number of nitrogens with one attached hydrogen (secondary N) is 1. The SMILES string of the molecule is O=C(Nc1nnc2n1CCS2)C1CC(=O)N(c2ccccc2)C1. The molecule has 1 aromatic carbocycles. The number of hydrogen-bond donors (Lipinski definition) is 1. The summed E-state index contributed by atoms with van der Waals surface area (Å²) in [6.07, 6.45) is 0.219. The average molecular weight is 329 g/mol. The molecule has 2 amide bonds. The fourth-order valence-corrected chi connectivity index (χ4v) is 3.76. The van der Waals surface area contributed by atoms with Crippen molar-refractivity contribution < 1.29 is 9.59 Å². The second-order valence-corrected chi connectivity index (χ2v) is 6.60. The molecule has 0 saturated carbocycles. The Hall–Kier alpha value is -2.35. The Morgan fingerprint density at radius 2 is 2.09 bits per heavy atom. The van der Waals surface area contributed by atoms with E-state index in [1.807, 2.05) is 34.9 Å². The van der Waals surface area contributed by atoms with E-state index in [1.165, 1.54) is 0 Å². The zero-order valence-corrected chi connectivity index (χ0v) is 13.1. The lowest BCUT2D eigenvalue weighted by Gasteiger charge is -2.16. The van der Waals surface area contributed by atoms with Crippen molar-refractivity contribution in [2.75, 3.05) is 22.5 Å². The third kappa shape index (κ3) is 2.59. The zero-order valence-electron chi connectivity index (χ0n) is 12.3. The van der Waals surface area contributed by atoms with Crippen LogP contribution in [0.3, 0.4) is 0 Å². The Morgan fingerprint density at radius 1 is 1.26 bits per heavy atom. The van der Waals surface area contributed by atoms with Gasteiger partial charge in [-0.15, -0.1) is 10.2 Å². The minimum Gasteiger partial charge on any atom is -0.312 e. The Labute approximate surface area is 137 Å². The van der Waals surface area contributed by atoms with Crippen LogP contribution in [-0.4, -0.2) is 38.9 Å². The smallest absolute Gasteiger partial charge is 0.232 e. The molecule has 1 unspecified atom stereocenters. The summed E-state index contributed by atoms with van der Waals surface area (Å²) in [4.78, 5) is 26.3. The first-order valence-electron chi connectivity index (χ1n) is 7.44. The summed E-state index contributed by atoms with van der Waals surface area (Å²) in [6.45, 7) is 1.19. The van der Waals surface area contributed by atoms with Crippen LogP contribution in [-0.2, 0) is 16.1 Å². The van der Waals surface area contributed by atoms with E-state index in [0.29, 0.717) is 12.5 Å². The molecule has 2 aromatic rings. The zero-order chi connectivity index (χ0) is 15.8. The van der Waals surface area contributed by atoms with Gasteiger partial charge in [0.15, 0.2) is 5.16 Å². The molecule has 2 aliphatic heterocycles. The van der Waals surface area contributed by atoms with E-state index >= 15 is 0 Å². The summed E-state index contributed by atoms with van der Waals surface area (Å²) in [5.74, 6) is 0.838. The second-order valence-electron chi connectivity index (χ2n) is 5.54. The summed E-state index contributed by atoms with van der Waals surface area (Å²) < 4.78 is 1.90. The highest BCUT2D eigenvalue weighted by Gasteiger charge is 2.35. The van der Waals surface area contributed by atoms with Crippen molar-refractivity contribution >= 4 is 35.2 Å². The Bertz CT molecular complexity index is 760. The van der Waals surface area contributed by atoms with Gasteiger partial charge < -0.3 is 4.90 Å². The Kier molecular flexibility index (Phi) is 3.53. The van der Waals surface area contributed by atoms with Crippen molar-refractivity contribution in [1.82, 2.24) is 14.8 Å². The molecule has 1 atom stereocenters. The lowest BCUT2D eigenvalue weighted by Crippen LogP contribution is -2.28. The van der Waals surface area contributed by atoms with Gasteiger partial charge in [0.2, 0.25) is 17.8 Å². The lowest BCUT2D eigenvalue weighted by molar-refractivity contribution is -0.122. The third-order valence-corrected chi connectivity index (χ3v) is 5.01. The summed E-state index contributed by atoms with van der Waals surface area (Å²) in [5.41, 5.74) is 0.826. The van der Waals surface area contributed by atoms with Gasteiger partial charge in [-0.1, -0.05) is 30.0 Å².